The summed E-state index contributed by atoms with van der Waals surface area (Å²) in [5.74, 6) is 0.497. The lowest BCUT2D eigenvalue weighted by molar-refractivity contribution is -0.122. The number of hydrogen-bond acceptors (Lipinski definition) is 2. The molecule has 19 heavy (non-hydrogen) atoms. The first-order chi connectivity index (χ1) is 9.16. The van der Waals surface area contributed by atoms with E-state index in [1.54, 1.807) is 0 Å². The van der Waals surface area contributed by atoms with Crippen LogP contribution in [0.3, 0.4) is 0 Å². The molecule has 1 aliphatic rings. The van der Waals surface area contributed by atoms with Crippen molar-refractivity contribution >= 4 is 5.91 Å². The molecule has 2 rings (SSSR count). The molecule has 0 radical (unpaired) electrons. The van der Waals surface area contributed by atoms with Crippen molar-refractivity contribution in [3.05, 3.63) is 35.4 Å². The van der Waals surface area contributed by atoms with Crippen LogP contribution in [0.15, 0.2) is 24.3 Å². The van der Waals surface area contributed by atoms with Gasteiger partial charge < -0.3 is 11.1 Å². The van der Waals surface area contributed by atoms with Crippen molar-refractivity contribution in [2.24, 2.45) is 11.7 Å². The molecule has 0 spiro atoms. The Morgan fingerprint density at radius 3 is 2.79 bits per heavy atom. The van der Waals surface area contributed by atoms with Gasteiger partial charge in [-0.25, -0.2) is 0 Å². The first kappa shape index (κ1) is 14.1. The quantitative estimate of drug-likeness (QED) is 0.874. The van der Waals surface area contributed by atoms with Gasteiger partial charge in [0.2, 0.25) is 5.91 Å². The van der Waals surface area contributed by atoms with Gasteiger partial charge in [0, 0.05) is 19.0 Å². The SMILES string of the molecule is Cc1ccccc1CNC(=O)CC1CCCCC1N. The van der Waals surface area contributed by atoms with Crippen LogP contribution in [0.1, 0.15) is 43.2 Å². The highest BCUT2D eigenvalue weighted by Gasteiger charge is 2.23. The third kappa shape index (κ3) is 4.06. The normalized spacial score (nSPS) is 23.1. The first-order valence-corrected chi connectivity index (χ1v) is 7.23. The van der Waals surface area contributed by atoms with Crippen molar-refractivity contribution in [3.8, 4) is 0 Å². The summed E-state index contributed by atoms with van der Waals surface area (Å²) in [4.78, 5) is 12.0. The zero-order chi connectivity index (χ0) is 13.7. The number of carbonyl (C=O) groups is 1. The van der Waals surface area contributed by atoms with E-state index < -0.39 is 0 Å². The summed E-state index contributed by atoms with van der Waals surface area (Å²) in [6.45, 7) is 2.69. The van der Waals surface area contributed by atoms with Crippen molar-refractivity contribution in [1.82, 2.24) is 5.32 Å². The van der Waals surface area contributed by atoms with Crippen molar-refractivity contribution < 1.29 is 4.79 Å². The number of hydrogen-bond donors (Lipinski definition) is 2. The molecule has 0 heterocycles. The van der Waals surface area contributed by atoms with E-state index >= 15 is 0 Å². The van der Waals surface area contributed by atoms with Crippen LogP contribution in [0.25, 0.3) is 0 Å². The largest absolute Gasteiger partial charge is 0.352 e. The minimum Gasteiger partial charge on any atom is -0.352 e. The van der Waals surface area contributed by atoms with Crippen LogP contribution in [0.2, 0.25) is 0 Å². The third-order valence-electron chi connectivity index (χ3n) is 4.15. The van der Waals surface area contributed by atoms with E-state index in [0.29, 0.717) is 18.9 Å². The lowest BCUT2D eigenvalue weighted by atomic mass is 9.83. The monoisotopic (exact) mass is 260 g/mol. The van der Waals surface area contributed by atoms with Gasteiger partial charge in [-0.1, -0.05) is 37.1 Å². The highest BCUT2D eigenvalue weighted by atomic mass is 16.1. The van der Waals surface area contributed by atoms with E-state index in [4.69, 9.17) is 5.73 Å². The maximum Gasteiger partial charge on any atom is 0.220 e. The molecule has 0 saturated heterocycles. The fourth-order valence-electron chi connectivity index (χ4n) is 2.80. The maximum atomic E-state index is 12.0. The molecule has 0 bridgehead atoms. The van der Waals surface area contributed by atoms with Crippen LogP contribution in [0.4, 0.5) is 0 Å². The highest BCUT2D eigenvalue weighted by Crippen LogP contribution is 2.25. The Morgan fingerprint density at radius 1 is 1.32 bits per heavy atom. The average molecular weight is 260 g/mol. The summed E-state index contributed by atoms with van der Waals surface area (Å²) in [6.07, 6.45) is 5.16. The number of carbonyl (C=O) groups excluding carboxylic acids is 1. The lowest BCUT2D eigenvalue weighted by Crippen LogP contribution is -2.37. The van der Waals surface area contributed by atoms with Gasteiger partial charge >= 0.3 is 0 Å². The molecule has 104 valence electrons. The number of aryl methyl sites for hydroxylation is 1. The molecule has 1 aromatic rings. The molecule has 1 amide bonds. The number of amides is 1. The molecule has 2 unspecified atom stereocenters. The van der Waals surface area contributed by atoms with Crippen molar-refractivity contribution in [2.45, 2.75) is 51.6 Å². The Labute approximate surface area is 115 Å². The van der Waals surface area contributed by atoms with Crippen LogP contribution in [-0.4, -0.2) is 11.9 Å². The minimum absolute atomic E-state index is 0.130. The predicted molar refractivity (Wildman–Crippen MR) is 77.6 cm³/mol. The molecule has 1 fully saturated rings. The van der Waals surface area contributed by atoms with E-state index in [9.17, 15) is 4.79 Å². The first-order valence-electron chi connectivity index (χ1n) is 7.23. The molecular weight excluding hydrogens is 236 g/mol. The molecule has 1 saturated carbocycles. The van der Waals surface area contributed by atoms with Crippen LogP contribution in [-0.2, 0) is 11.3 Å². The van der Waals surface area contributed by atoms with Crippen LogP contribution >= 0.6 is 0 Å². The average Bonchev–Trinajstić information content (AvgIpc) is 2.40. The Morgan fingerprint density at radius 2 is 2.05 bits per heavy atom. The van der Waals surface area contributed by atoms with Gasteiger partial charge in [0.1, 0.15) is 0 Å². The summed E-state index contributed by atoms with van der Waals surface area (Å²) < 4.78 is 0. The van der Waals surface area contributed by atoms with Gasteiger partial charge in [-0.05, 0) is 36.8 Å². The summed E-state index contributed by atoms with van der Waals surface area (Å²) in [7, 11) is 0. The van der Waals surface area contributed by atoms with E-state index in [2.05, 4.69) is 24.4 Å². The number of benzene rings is 1. The summed E-state index contributed by atoms with van der Waals surface area (Å²) in [5, 5.41) is 3.01. The van der Waals surface area contributed by atoms with Gasteiger partial charge in [-0.3, -0.25) is 4.79 Å². The molecular formula is C16H24N2O. The number of nitrogens with one attached hydrogen (secondary N) is 1. The van der Waals surface area contributed by atoms with Gasteiger partial charge in [0.15, 0.2) is 0 Å². The summed E-state index contributed by atoms with van der Waals surface area (Å²) in [6, 6.07) is 8.35. The Hall–Kier alpha value is -1.35. The second-order valence-corrected chi connectivity index (χ2v) is 5.62. The topological polar surface area (TPSA) is 55.1 Å². The highest BCUT2D eigenvalue weighted by molar-refractivity contribution is 5.76. The zero-order valence-electron chi connectivity index (χ0n) is 11.7. The second kappa shape index (κ2) is 6.71. The Bertz CT molecular complexity index is 431. The molecule has 1 aromatic carbocycles. The fourth-order valence-corrected chi connectivity index (χ4v) is 2.80. The van der Waals surface area contributed by atoms with E-state index in [1.165, 1.54) is 24.0 Å². The fraction of sp³-hybridized carbons (Fsp3) is 0.562. The van der Waals surface area contributed by atoms with Gasteiger partial charge in [0.25, 0.3) is 0 Å². The van der Waals surface area contributed by atoms with Gasteiger partial charge in [-0.15, -0.1) is 0 Å². The molecule has 3 nitrogen and oxygen atoms in total. The second-order valence-electron chi connectivity index (χ2n) is 5.62. The van der Waals surface area contributed by atoms with Crippen molar-refractivity contribution in [2.75, 3.05) is 0 Å². The Balaban J connectivity index is 1.80. The maximum absolute atomic E-state index is 12.0. The molecule has 1 aliphatic carbocycles. The van der Waals surface area contributed by atoms with Gasteiger partial charge in [-0.2, -0.15) is 0 Å². The van der Waals surface area contributed by atoms with E-state index in [-0.39, 0.29) is 11.9 Å². The van der Waals surface area contributed by atoms with Crippen LogP contribution in [0, 0.1) is 12.8 Å². The minimum atomic E-state index is 0.130. The standard InChI is InChI=1S/C16H24N2O/c1-12-6-2-3-8-14(12)11-18-16(19)10-13-7-4-5-9-15(13)17/h2-3,6,8,13,15H,4-5,7,9-11,17H2,1H3,(H,18,19). The lowest BCUT2D eigenvalue weighted by Gasteiger charge is -2.28. The molecule has 3 N–H and O–H groups in total. The molecule has 0 aliphatic heterocycles. The predicted octanol–water partition coefficient (Wildman–Crippen LogP) is 2.52. The number of nitrogens with two attached hydrogens (primary N) is 1. The van der Waals surface area contributed by atoms with E-state index in [0.717, 1.165) is 12.8 Å². The van der Waals surface area contributed by atoms with Crippen molar-refractivity contribution in [1.29, 1.82) is 0 Å². The summed E-state index contributed by atoms with van der Waals surface area (Å²) >= 11 is 0. The smallest absolute Gasteiger partial charge is 0.220 e. The van der Waals surface area contributed by atoms with E-state index in [1.807, 2.05) is 12.1 Å². The summed E-state index contributed by atoms with van der Waals surface area (Å²) in [5.41, 5.74) is 8.48. The van der Waals surface area contributed by atoms with Crippen LogP contribution in [0.5, 0.6) is 0 Å². The molecule has 0 aromatic heterocycles. The van der Waals surface area contributed by atoms with Gasteiger partial charge in [0.05, 0.1) is 0 Å². The number of rotatable bonds is 4. The zero-order valence-corrected chi connectivity index (χ0v) is 11.7. The third-order valence-corrected chi connectivity index (χ3v) is 4.15. The van der Waals surface area contributed by atoms with Crippen LogP contribution < -0.4 is 11.1 Å². The van der Waals surface area contributed by atoms with Crippen molar-refractivity contribution in [3.63, 3.8) is 0 Å². The molecule has 2 atom stereocenters. The Kier molecular flexibility index (Phi) is 4.97. The molecule has 3 heteroatoms.